The van der Waals surface area contributed by atoms with E-state index in [9.17, 15) is 14.0 Å². The Labute approximate surface area is 154 Å². The standard InChI is InChI=1S/C18H14Cl2FNO3/c1-11-13(19)4-3-7-16(11)22-17(23)10-25-18(24)9-8-12-14(20)5-2-6-15(12)21/h2-9H,10H2,1H3,(H,22,23)/b9-8+. The third-order valence-electron chi connectivity index (χ3n) is 3.27. The number of nitrogens with one attached hydrogen (secondary N) is 1. The summed E-state index contributed by atoms with van der Waals surface area (Å²) in [7, 11) is 0. The van der Waals surface area contributed by atoms with Crippen molar-refractivity contribution >= 4 is 46.8 Å². The monoisotopic (exact) mass is 381 g/mol. The number of halogens is 3. The number of hydrogen-bond donors (Lipinski definition) is 1. The van der Waals surface area contributed by atoms with Crippen molar-refractivity contribution in [1.29, 1.82) is 0 Å². The summed E-state index contributed by atoms with van der Waals surface area (Å²) in [6.07, 6.45) is 2.20. The van der Waals surface area contributed by atoms with E-state index < -0.39 is 24.3 Å². The molecule has 0 radical (unpaired) electrons. The van der Waals surface area contributed by atoms with Gasteiger partial charge >= 0.3 is 5.97 Å². The molecule has 0 bridgehead atoms. The van der Waals surface area contributed by atoms with Crippen LogP contribution in [0.15, 0.2) is 42.5 Å². The molecule has 4 nitrogen and oxygen atoms in total. The maximum absolute atomic E-state index is 13.6. The minimum Gasteiger partial charge on any atom is -0.452 e. The molecule has 0 aliphatic carbocycles. The summed E-state index contributed by atoms with van der Waals surface area (Å²) in [6.45, 7) is 1.27. The lowest BCUT2D eigenvalue weighted by atomic mass is 10.2. The lowest BCUT2D eigenvalue weighted by molar-refractivity contribution is -0.142. The molecule has 0 atom stereocenters. The van der Waals surface area contributed by atoms with Crippen LogP contribution in [0.1, 0.15) is 11.1 Å². The highest BCUT2D eigenvalue weighted by Crippen LogP contribution is 2.23. The third kappa shape index (κ3) is 5.31. The van der Waals surface area contributed by atoms with Crippen LogP contribution in [0.25, 0.3) is 6.08 Å². The van der Waals surface area contributed by atoms with E-state index in [0.29, 0.717) is 16.3 Å². The van der Waals surface area contributed by atoms with Crippen molar-refractivity contribution < 1.29 is 18.7 Å². The van der Waals surface area contributed by atoms with Crippen LogP contribution in [0.2, 0.25) is 10.0 Å². The van der Waals surface area contributed by atoms with Crippen LogP contribution in [0, 0.1) is 12.7 Å². The lowest BCUT2D eigenvalue weighted by Crippen LogP contribution is -2.20. The van der Waals surface area contributed by atoms with Gasteiger partial charge in [0, 0.05) is 22.3 Å². The topological polar surface area (TPSA) is 55.4 Å². The molecule has 2 aromatic carbocycles. The predicted octanol–water partition coefficient (Wildman–Crippen LogP) is 4.64. The van der Waals surface area contributed by atoms with E-state index in [2.05, 4.69) is 5.32 Å². The first-order chi connectivity index (χ1) is 11.9. The predicted molar refractivity (Wildman–Crippen MR) is 96.2 cm³/mol. The number of rotatable bonds is 5. The zero-order valence-electron chi connectivity index (χ0n) is 13.2. The number of benzene rings is 2. The molecule has 1 N–H and O–H groups in total. The number of hydrogen-bond acceptors (Lipinski definition) is 3. The second-order valence-electron chi connectivity index (χ2n) is 5.04. The molecule has 0 saturated carbocycles. The molecule has 0 aliphatic heterocycles. The zero-order chi connectivity index (χ0) is 18.4. The Morgan fingerprint density at radius 1 is 1.16 bits per heavy atom. The lowest BCUT2D eigenvalue weighted by Gasteiger charge is -2.09. The first kappa shape index (κ1) is 19.0. The summed E-state index contributed by atoms with van der Waals surface area (Å²) in [5.74, 6) is -1.88. The highest BCUT2D eigenvalue weighted by molar-refractivity contribution is 6.32. The van der Waals surface area contributed by atoms with Gasteiger partial charge in [-0.1, -0.05) is 35.3 Å². The fraction of sp³-hybridized carbons (Fsp3) is 0.111. The number of carbonyl (C=O) groups excluding carboxylic acids is 2. The molecule has 0 unspecified atom stereocenters. The Morgan fingerprint density at radius 2 is 1.84 bits per heavy atom. The molecule has 0 saturated heterocycles. The van der Waals surface area contributed by atoms with E-state index >= 15 is 0 Å². The molecule has 0 aliphatic rings. The zero-order valence-corrected chi connectivity index (χ0v) is 14.7. The van der Waals surface area contributed by atoms with Gasteiger partial charge in [-0.2, -0.15) is 0 Å². The van der Waals surface area contributed by atoms with Crippen LogP contribution in [0.3, 0.4) is 0 Å². The van der Waals surface area contributed by atoms with Crippen molar-refractivity contribution in [2.75, 3.05) is 11.9 Å². The van der Waals surface area contributed by atoms with Crippen molar-refractivity contribution in [3.8, 4) is 0 Å². The van der Waals surface area contributed by atoms with E-state index in [4.69, 9.17) is 27.9 Å². The van der Waals surface area contributed by atoms with Gasteiger partial charge in [-0.15, -0.1) is 0 Å². The minimum absolute atomic E-state index is 0.0696. The minimum atomic E-state index is -0.794. The van der Waals surface area contributed by atoms with Crippen LogP contribution in [-0.4, -0.2) is 18.5 Å². The largest absolute Gasteiger partial charge is 0.452 e. The van der Waals surface area contributed by atoms with Gasteiger partial charge in [-0.3, -0.25) is 4.79 Å². The van der Waals surface area contributed by atoms with E-state index in [1.807, 2.05) is 0 Å². The smallest absolute Gasteiger partial charge is 0.331 e. The number of ether oxygens (including phenoxy) is 1. The molecule has 0 spiro atoms. The van der Waals surface area contributed by atoms with Crippen molar-refractivity contribution in [1.82, 2.24) is 0 Å². The Hall–Kier alpha value is -2.37. The first-order valence-corrected chi connectivity index (χ1v) is 7.98. The molecule has 2 aromatic rings. The maximum Gasteiger partial charge on any atom is 0.331 e. The van der Waals surface area contributed by atoms with Gasteiger partial charge in [0.2, 0.25) is 0 Å². The summed E-state index contributed by atoms with van der Waals surface area (Å²) < 4.78 is 18.4. The molecular formula is C18H14Cl2FNO3. The molecule has 25 heavy (non-hydrogen) atoms. The van der Waals surface area contributed by atoms with E-state index in [0.717, 1.165) is 6.08 Å². The van der Waals surface area contributed by atoms with Crippen LogP contribution in [-0.2, 0) is 14.3 Å². The number of carbonyl (C=O) groups is 2. The molecular weight excluding hydrogens is 368 g/mol. The van der Waals surface area contributed by atoms with Crippen LogP contribution >= 0.6 is 23.2 Å². The third-order valence-corrected chi connectivity index (χ3v) is 4.01. The van der Waals surface area contributed by atoms with Gasteiger partial charge in [0.15, 0.2) is 6.61 Å². The summed E-state index contributed by atoms with van der Waals surface area (Å²) in [6, 6.07) is 9.24. The summed E-state index contributed by atoms with van der Waals surface area (Å²) >= 11 is 11.8. The highest BCUT2D eigenvalue weighted by atomic mass is 35.5. The van der Waals surface area contributed by atoms with Gasteiger partial charge in [-0.05, 0) is 42.8 Å². The SMILES string of the molecule is Cc1c(Cl)cccc1NC(=O)COC(=O)/C=C/c1c(F)cccc1Cl. The molecule has 1 amide bonds. The number of amides is 1. The summed E-state index contributed by atoms with van der Waals surface area (Å²) in [5, 5.41) is 3.27. The van der Waals surface area contributed by atoms with E-state index in [-0.39, 0.29) is 10.6 Å². The quantitative estimate of drug-likeness (QED) is 0.606. The first-order valence-electron chi connectivity index (χ1n) is 7.22. The van der Waals surface area contributed by atoms with Gasteiger partial charge < -0.3 is 10.1 Å². The average molecular weight is 382 g/mol. The Morgan fingerprint density at radius 3 is 2.56 bits per heavy atom. The number of esters is 1. The van der Waals surface area contributed by atoms with Crippen molar-refractivity contribution in [2.24, 2.45) is 0 Å². The average Bonchev–Trinajstić information content (AvgIpc) is 2.57. The second kappa shape index (κ2) is 8.65. The van der Waals surface area contributed by atoms with E-state index in [1.54, 1.807) is 25.1 Å². The highest BCUT2D eigenvalue weighted by Gasteiger charge is 2.09. The molecule has 0 fully saturated rings. The molecule has 130 valence electrons. The fourth-order valence-electron chi connectivity index (χ4n) is 1.94. The van der Waals surface area contributed by atoms with Crippen LogP contribution in [0.4, 0.5) is 10.1 Å². The van der Waals surface area contributed by atoms with Gasteiger partial charge in [0.25, 0.3) is 5.91 Å². The molecule has 0 heterocycles. The Balaban J connectivity index is 1.90. The normalized spacial score (nSPS) is 10.7. The Kier molecular flexibility index (Phi) is 6.56. The maximum atomic E-state index is 13.6. The summed E-state index contributed by atoms with van der Waals surface area (Å²) in [5.41, 5.74) is 1.31. The van der Waals surface area contributed by atoms with Crippen molar-refractivity contribution in [3.63, 3.8) is 0 Å². The number of anilines is 1. The van der Waals surface area contributed by atoms with Crippen molar-refractivity contribution in [3.05, 3.63) is 69.5 Å². The van der Waals surface area contributed by atoms with Crippen molar-refractivity contribution in [2.45, 2.75) is 6.92 Å². The fourth-order valence-corrected chi connectivity index (χ4v) is 2.34. The summed E-state index contributed by atoms with van der Waals surface area (Å²) in [4.78, 5) is 23.5. The molecule has 7 heteroatoms. The second-order valence-corrected chi connectivity index (χ2v) is 5.85. The Bertz CT molecular complexity index is 817. The van der Waals surface area contributed by atoms with Crippen LogP contribution in [0.5, 0.6) is 0 Å². The van der Waals surface area contributed by atoms with Gasteiger partial charge in [0.05, 0.1) is 5.02 Å². The van der Waals surface area contributed by atoms with Crippen LogP contribution < -0.4 is 5.32 Å². The van der Waals surface area contributed by atoms with Gasteiger partial charge in [-0.25, -0.2) is 9.18 Å². The van der Waals surface area contributed by atoms with E-state index in [1.165, 1.54) is 24.3 Å². The molecule has 0 aromatic heterocycles. The molecule has 2 rings (SSSR count). The van der Waals surface area contributed by atoms with Gasteiger partial charge in [0.1, 0.15) is 5.82 Å².